The van der Waals surface area contributed by atoms with Gasteiger partial charge in [-0.15, -0.1) is 6.42 Å². The number of anilines is 1. The van der Waals surface area contributed by atoms with E-state index in [4.69, 9.17) is 16.3 Å². The van der Waals surface area contributed by atoms with E-state index in [0.717, 1.165) is 4.57 Å². The number of nitrogens with one attached hydrogen (secondary N) is 2. The number of aromatic amines is 1. The summed E-state index contributed by atoms with van der Waals surface area (Å²) in [5.74, 6) is 2.31. The fourth-order valence-electron chi connectivity index (χ4n) is 2.02. The van der Waals surface area contributed by atoms with Gasteiger partial charge >= 0.3 is 5.69 Å². The molecular weight excluding hydrogens is 266 g/mol. The average molecular weight is 281 g/mol. The molecule has 0 amide bonds. The van der Waals surface area contributed by atoms with Crippen LogP contribution < -0.4 is 16.6 Å². The Morgan fingerprint density at radius 2 is 2.35 bits per heavy atom. The summed E-state index contributed by atoms with van der Waals surface area (Å²) in [7, 11) is 0. The first kappa shape index (κ1) is 14.3. The van der Waals surface area contributed by atoms with Crippen molar-refractivity contribution in [3.63, 3.8) is 0 Å². The first-order valence-corrected chi connectivity index (χ1v) is 6.04. The minimum absolute atomic E-state index is 0.132. The van der Waals surface area contributed by atoms with Gasteiger partial charge in [-0.2, -0.15) is 0 Å². The van der Waals surface area contributed by atoms with Crippen LogP contribution in [0.25, 0.3) is 0 Å². The Bertz CT molecular complexity index is 629. The number of terminal acetylenes is 1. The molecule has 0 aliphatic carbocycles. The number of aromatic nitrogens is 2. The summed E-state index contributed by atoms with van der Waals surface area (Å²) in [6.45, 7) is -0.216. The van der Waals surface area contributed by atoms with Crippen LogP contribution in [0.1, 0.15) is 12.6 Å². The smallest absolute Gasteiger partial charge is 0.330 e. The van der Waals surface area contributed by atoms with Gasteiger partial charge in [0.05, 0.1) is 19.3 Å². The minimum Gasteiger partial charge on any atom is -0.394 e. The Morgan fingerprint density at radius 1 is 1.60 bits per heavy atom. The van der Waals surface area contributed by atoms with E-state index in [1.807, 2.05) is 0 Å². The molecule has 3 atom stereocenters. The SMILES string of the molecule is C#CCNc1cn([C@H]2C[C@H](O)[C@@H](CO)O2)c(=O)[nH]c1=O. The summed E-state index contributed by atoms with van der Waals surface area (Å²) in [5.41, 5.74) is -1.11. The van der Waals surface area contributed by atoms with Gasteiger partial charge in [-0.3, -0.25) is 14.3 Å². The average Bonchev–Trinajstić information content (AvgIpc) is 2.79. The summed E-state index contributed by atoms with van der Waals surface area (Å²) in [5, 5.41) is 21.4. The van der Waals surface area contributed by atoms with Crippen molar-refractivity contribution < 1.29 is 14.9 Å². The lowest BCUT2D eigenvalue weighted by Crippen LogP contribution is -2.34. The Kier molecular flexibility index (Phi) is 4.24. The quantitative estimate of drug-likeness (QED) is 0.485. The number of hydrogen-bond donors (Lipinski definition) is 4. The maximum absolute atomic E-state index is 11.8. The second-order valence-electron chi connectivity index (χ2n) is 4.38. The summed E-state index contributed by atoms with van der Waals surface area (Å²) >= 11 is 0. The van der Waals surface area contributed by atoms with E-state index >= 15 is 0 Å². The van der Waals surface area contributed by atoms with E-state index in [1.165, 1.54) is 6.20 Å². The minimum atomic E-state index is -0.869. The van der Waals surface area contributed by atoms with Gasteiger partial charge in [0.15, 0.2) is 0 Å². The lowest BCUT2D eigenvalue weighted by molar-refractivity contribution is -0.0458. The highest BCUT2D eigenvalue weighted by molar-refractivity contribution is 5.39. The zero-order chi connectivity index (χ0) is 14.7. The van der Waals surface area contributed by atoms with Crippen molar-refractivity contribution >= 4 is 5.69 Å². The number of aliphatic hydroxyl groups excluding tert-OH is 2. The molecule has 0 spiro atoms. The van der Waals surface area contributed by atoms with Gasteiger partial charge in [-0.1, -0.05) is 5.92 Å². The van der Waals surface area contributed by atoms with Crippen LogP contribution in [-0.2, 0) is 4.74 Å². The highest BCUT2D eigenvalue weighted by Crippen LogP contribution is 2.27. The molecule has 1 aromatic heterocycles. The molecule has 1 aliphatic rings. The summed E-state index contributed by atoms with van der Waals surface area (Å²) in [6.07, 6.45) is 4.15. The number of nitrogens with zero attached hydrogens (tertiary/aromatic N) is 1. The molecule has 0 unspecified atom stereocenters. The number of ether oxygens (including phenoxy) is 1. The lowest BCUT2D eigenvalue weighted by Gasteiger charge is -2.15. The summed E-state index contributed by atoms with van der Waals surface area (Å²) < 4.78 is 6.51. The van der Waals surface area contributed by atoms with Crippen molar-refractivity contribution in [1.29, 1.82) is 0 Å². The van der Waals surface area contributed by atoms with Crippen molar-refractivity contribution in [2.75, 3.05) is 18.5 Å². The van der Waals surface area contributed by atoms with Crippen molar-refractivity contribution in [1.82, 2.24) is 9.55 Å². The molecule has 8 heteroatoms. The predicted molar refractivity (Wildman–Crippen MR) is 70.3 cm³/mol. The molecule has 2 rings (SSSR count). The number of rotatable bonds is 4. The van der Waals surface area contributed by atoms with Crippen LogP contribution in [-0.4, -0.2) is 45.1 Å². The van der Waals surface area contributed by atoms with Crippen molar-refractivity contribution in [2.24, 2.45) is 0 Å². The fourth-order valence-corrected chi connectivity index (χ4v) is 2.02. The molecule has 0 radical (unpaired) electrons. The summed E-state index contributed by atoms with van der Waals surface area (Å²) in [6, 6.07) is 0. The maximum Gasteiger partial charge on any atom is 0.330 e. The van der Waals surface area contributed by atoms with Gasteiger partial charge in [-0.25, -0.2) is 4.79 Å². The molecule has 1 saturated heterocycles. The largest absolute Gasteiger partial charge is 0.394 e. The highest BCUT2D eigenvalue weighted by Gasteiger charge is 2.35. The zero-order valence-electron chi connectivity index (χ0n) is 10.6. The third-order valence-electron chi connectivity index (χ3n) is 3.04. The molecule has 1 aliphatic heterocycles. The molecule has 0 bridgehead atoms. The van der Waals surface area contributed by atoms with Gasteiger partial charge in [0, 0.05) is 12.6 Å². The normalized spacial score (nSPS) is 25.4. The summed E-state index contributed by atoms with van der Waals surface area (Å²) in [4.78, 5) is 25.5. The molecule has 108 valence electrons. The van der Waals surface area contributed by atoms with Gasteiger partial charge in [0.2, 0.25) is 0 Å². The molecule has 0 aromatic carbocycles. The van der Waals surface area contributed by atoms with E-state index in [9.17, 15) is 14.7 Å². The predicted octanol–water partition coefficient (Wildman–Crippen LogP) is -1.78. The molecule has 1 fully saturated rings. The van der Waals surface area contributed by atoms with Crippen LogP contribution in [0.5, 0.6) is 0 Å². The van der Waals surface area contributed by atoms with Crippen molar-refractivity contribution in [3.05, 3.63) is 27.0 Å². The van der Waals surface area contributed by atoms with E-state index in [1.54, 1.807) is 0 Å². The molecule has 2 heterocycles. The van der Waals surface area contributed by atoms with Gasteiger partial charge in [0.25, 0.3) is 5.56 Å². The molecule has 20 heavy (non-hydrogen) atoms. The molecule has 1 aromatic rings. The van der Waals surface area contributed by atoms with Crippen LogP contribution in [0.3, 0.4) is 0 Å². The van der Waals surface area contributed by atoms with Crippen LogP contribution in [0.15, 0.2) is 15.8 Å². The van der Waals surface area contributed by atoms with Crippen molar-refractivity contribution in [3.8, 4) is 12.3 Å². The van der Waals surface area contributed by atoms with Gasteiger partial charge in [0.1, 0.15) is 18.0 Å². The fraction of sp³-hybridized carbons (Fsp3) is 0.500. The third-order valence-corrected chi connectivity index (χ3v) is 3.04. The first-order valence-electron chi connectivity index (χ1n) is 6.04. The van der Waals surface area contributed by atoms with Crippen molar-refractivity contribution in [2.45, 2.75) is 24.9 Å². The Morgan fingerprint density at radius 3 is 2.95 bits per heavy atom. The second-order valence-corrected chi connectivity index (χ2v) is 4.38. The van der Waals surface area contributed by atoms with E-state index < -0.39 is 29.7 Å². The topological polar surface area (TPSA) is 117 Å². The van der Waals surface area contributed by atoms with E-state index in [2.05, 4.69) is 16.2 Å². The first-order chi connectivity index (χ1) is 9.56. The molecule has 4 N–H and O–H groups in total. The monoisotopic (exact) mass is 281 g/mol. The Balaban J connectivity index is 2.31. The number of H-pyrrole nitrogens is 1. The molecule has 8 nitrogen and oxygen atoms in total. The van der Waals surface area contributed by atoms with E-state index in [-0.39, 0.29) is 25.3 Å². The van der Waals surface area contributed by atoms with Crippen LogP contribution in [0, 0.1) is 12.3 Å². The second kappa shape index (κ2) is 5.92. The highest BCUT2D eigenvalue weighted by atomic mass is 16.5. The van der Waals surface area contributed by atoms with Crippen LogP contribution in [0.4, 0.5) is 5.69 Å². The zero-order valence-corrected chi connectivity index (χ0v) is 10.6. The van der Waals surface area contributed by atoms with Gasteiger partial charge in [-0.05, 0) is 0 Å². The Labute approximate surface area is 114 Å². The third kappa shape index (κ3) is 2.75. The van der Waals surface area contributed by atoms with E-state index in [0.29, 0.717) is 0 Å². The molecule has 0 saturated carbocycles. The standard InChI is InChI=1S/C12H15N3O5/c1-2-3-13-7-5-15(12(19)14-11(7)18)10-4-8(17)9(6-16)20-10/h1,5,8-10,13,16-17H,3-4,6H2,(H,14,18,19)/t8-,9+,10+/m0/s1. The van der Waals surface area contributed by atoms with Crippen LogP contribution >= 0.6 is 0 Å². The van der Waals surface area contributed by atoms with Crippen LogP contribution in [0.2, 0.25) is 0 Å². The Hall–Kier alpha value is -2.08. The number of aliphatic hydroxyl groups is 2. The maximum atomic E-state index is 11.8. The lowest BCUT2D eigenvalue weighted by atomic mass is 10.2. The number of hydrogen-bond acceptors (Lipinski definition) is 6. The van der Waals surface area contributed by atoms with Gasteiger partial charge < -0.3 is 20.3 Å². The molecular formula is C12H15N3O5.